The molecule has 0 aliphatic carbocycles. The molecular weight excluding hydrogens is 521 g/mol. The van der Waals surface area contributed by atoms with Crippen molar-refractivity contribution in [3.8, 4) is 23.3 Å². The molecule has 2 aliphatic heterocycles. The van der Waals surface area contributed by atoms with Gasteiger partial charge in [0.05, 0.1) is 23.2 Å². The molecule has 0 N–H and O–H groups in total. The summed E-state index contributed by atoms with van der Waals surface area (Å²) in [5.74, 6) is -2.39. The molecule has 196 valence electrons. The average molecular weight is 542 g/mol. The van der Waals surface area contributed by atoms with Crippen LogP contribution in [0.2, 0.25) is 0 Å². The first-order valence-corrected chi connectivity index (χ1v) is 13.1. The second kappa shape index (κ2) is 10.5. The molecule has 2 heterocycles. The fraction of sp³-hybridized carbons (Fsp3) is 0.240. The van der Waals surface area contributed by atoms with Gasteiger partial charge in [-0.3, -0.25) is 14.7 Å². The first kappa shape index (κ1) is 25.8. The number of hydrogen-bond donors (Lipinski definition) is 0. The van der Waals surface area contributed by atoms with Gasteiger partial charge in [-0.15, -0.1) is 0 Å². The molecular formula is C25H21F2N4O6P. The zero-order chi connectivity index (χ0) is 26.9. The molecule has 0 amide bonds. The van der Waals surface area contributed by atoms with Crippen molar-refractivity contribution < 1.29 is 32.3 Å². The molecule has 0 bridgehead atoms. The van der Waals surface area contributed by atoms with Gasteiger partial charge >= 0.3 is 13.4 Å². The number of nitro groups is 1. The predicted octanol–water partition coefficient (Wildman–Crippen LogP) is 5.37. The normalized spacial score (nSPS) is 15.1. The van der Waals surface area contributed by atoms with E-state index in [1.807, 2.05) is 6.07 Å². The van der Waals surface area contributed by atoms with E-state index in [1.54, 1.807) is 9.34 Å². The highest BCUT2D eigenvalue weighted by molar-refractivity contribution is 7.54. The van der Waals surface area contributed by atoms with Gasteiger partial charge in [0.15, 0.2) is 17.4 Å². The van der Waals surface area contributed by atoms with Crippen LogP contribution in [0.4, 0.5) is 14.5 Å². The van der Waals surface area contributed by atoms with Crippen molar-refractivity contribution in [2.45, 2.75) is 13.2 Å². The SMILES string of the molecule is N#Cc1ccc(Oc2cc(COc3c(F)cc(COP(=O)(N4CC4)N4CC4)cc3F)ccc2[N+](=O)[O-])cc1. The molecule has 38 heavy (non-hydrogen) atoms. The fourth-order valence-electron chi connectivity index (χ4n) is 3.69. The Bertz CT molecular complexity index is 1430. The van der Waals surface area contributed by atoms with Gasteiger partial charge in [-0.2, -0.15) is 5.26 Å². The van der Waals surface area contributed by atoms with E-state index < -0.39 is 30.0 Å². The minimum absolute atomic E-state index is 0.100. The predicted molar refractivity (Wildman–Crippen MR) is 131 cm³/mol. The smallest absolute Gasteiger partial charge is 0.346 e. The number of nitrogens with zero attached hydrogens (tertiary/aromatic N) is 4. The Balaban J connectivity index is 1.27. The Morgan fingerprint density at radius 2 is 1.58 bits per heavy atom. The van der Waals surface area contributed by atoms with E-state index in [2.05, 4.69) is 0 Å². The van der Waals surface area contributed by atoms with Crippen LogP contribution in [0.1, 0.15) is 16.7 Å². The molecule has 5 rings (SSSR count). The van der Waals surface area contributed by atoms with E-state index in [0.29, 0.717) is 37.3 Å². The maximum atomic E-state index is 14.7. The van der Waals surface area contributed by atoms with Gasteiger partial charge in [0.25, 0.3) is 0 Å². The third kappa shape index (κ3) is 5.66. The van der Waals surface area contributed by atoms with Crippen LogP contribution in [-0.2, 0) is 22.3 Å². The number of nitro benzene ring substituents is 1. The first-order valence-electron chi connectivity index (χ1n) is 11.6. The van der Waals surface area contributed by atoms with Crippen LogP contribution in [-0.4, -0.2) is 40.4 Å². The topological polar surface area (TPSA) is 118 Å². The van der Waals surface area contributed by atoms with Gasteiger partial charge in [0.1, 0.15) is 12.4 Å². The minimum atomic E-state index is -3.13. The number of hydrogen-bond acceptors (Lipinski definition) is 7. The van der Waals surface area contributed by atoms with E-state index in [-0.39, 0.29) is 36.0 Å². The highest BCUT2D eigenvalue weighted by Crippen LogP contribution is 2.61. The summed E-state index contributed by atoms with van der Waals surface area (Å²) in [6.07, 6.45) is 0. The lowest BCUT2D eigenvalue weighted by molar-refractivity contribution is -0.385. The van der Waals surface area contributed by atoms with Crippen LogP contribution in [0.5, 0.6) is 17.2 Å². The average Bonchev–Trinajstić information content (AvgIpc) is 3.80. The molecule has 0 atom stereocenters. The second-order valence-electron chi connectivity index (χ2n) is 8.65. The van der Waals surface area contributed by atoms with Gasteiger partial charge in [-0.05, 0) is 59.7 Å². The number of halogens is 2. The van der Waals surface area contributed by atoms with Gasteiger partial charge in [-0.1, -0.05) is 0 Å². The van der Waals surface area contributed by atoms with E-state index >= 15 is 0 Å². The van der Waals surface area contributed by atoms with E-state index in [9.17, 15) is 23.5 Å². The lowest BCUT2D eigenvalue weighted by atomic mass is 10.2. The molecule has 2 fully saturated rings. The fourth-order valence-corrected chi connectivity index (χ4v) is 5.88. The third-order valence-corrected chi connectivity index (χ3v) is 8.53. The molecule has 13 heteroatoms. The summed E-state index contributed by atoms with van der Waals surface area (Å²) >= 11 is 0. The molecule has 2 aliphatic rings. The molecule has 0 spiro atoms. The van der Waals surface area contributed by atoms with E-state index in [1.165, 1.54) is 42.5 Å². The Labute approximate surface area is 216 Å². The van der Waals surface area contributed by atoms with Crippen molar-refractivity contribution in [1.29, 1.82) is 5.26 Å². The summed E-state index contributed by atoms with van der Waals surface area (Å²) in [6, 6.07) is 14.0. The minimum Gasteiger partial charge on any atom is -0.483 e. The summed E-state index contributed by atoms with van der Waals surface area (Å²) in [7, 11) is -3.13. The summed E-state index contributed by atoms with van der Waals surface area (Å²) in [4.78, 5) is 10.8. The zero-order valence-electron chi connectivity index (χ0n) is 19.9. The molecule has 0 radical (unpaired) electrons. The van der Waals surface area contributed by atoms with Crippen molar-refractivity contribution in [3.05, 3.63) is 93.0 Å². The lowest BCUT2D eigenvalue weighted by Gasteiger charge is -2.20. The molecule has 2 saturated heterocycles. The highest BCUT2D eigenvalue weighted by atomic mass is 31.2. The maximum absolute atomic E-state index is 14.7. The summed E-state index contributed by atoms with van der Waals surface area (Å²) in [6.45, 7) is 2.11. The first-order chi connectivity index (χ1) is 18.3. The zero-order valence-corrected chi connectivity index (χ0v) is 20.8. The van der Waals surface area contributed by atoms with E-state index in [4.69, 9.17) is 19.3 Å². The van der Waals surface area contributed by atoms with Crippen LogP contribution in [0.15, 0.2) is 54.6 Å². The molecule has 0 unspecified atom stereocenters. The Morgan fingerprint density at radius 3 is 2.13 bits per heavy atom. The molecule has 3 aromatic rings. The summed E-state index contributed by atoms with van der Waals surface area (Å²) in [5.41, 5.74) is 0.612. The molecule has 10 nitrogen and oxygen atoms in total. The molecule has 3 aromatic carbocycles. The summed E-state index contributed by atoms with van der Waals surface area (Å²) in [5, 5.41) is 20.4. The van der Waals surface area contributed by atoms with Crippen LogP contribution >= 0.6 is 7.67 Å². The third-order valence-electron chi connectivity index (χ3n) is 5.83. The summed E-state index contributed by atoms with van der Waals surface area (Å²) < 4.78 is 62.4. The lowest BCUT2D eigenvalue weighted by Crippen LogP contribution is -2.08. The monoisotopic (exact) mass is 542 g/mol. The Hall–Kier alpha value is -3.88. The van der Waals surface area contributed by atoms with E-state index in [0.717, 1.165) is 12.1 Å². The van der Waals surface area contributed by atoms with Crippen molar-refractivity contribution in [1.82, 2.24) is 9.34 Å². The number of nitriles is 1. The van der Waals surface area contributed by atoms with Crippen LogP contribution in [0, 0.1) is 33.1 Å². The highest BCUT2D eigenvalue weighted by Gasteiger charge is 2.49. The molecule has 0 saturated carbocycles. The van der Waals surface area contributed by atoms with Gasteiger partial charge in [0, 0.05) is 32.2 Å². The number of ether oxygens (including phenoxy) is 2. The Kier molecular flexibility index (Phi) is 7.10. The quantitative estimate of drug-likeness (QED) is 0.136. The van der Waals surface area contributed by atoms with Gasteiger partial charge in [-0.25, -0.2) is 18.1 Å². The standard InChI is InChI=1S/C25H21F2N4O6P/c26-21-11-19(16-36-38(34,29-7-8-29)30-9-10-30)12-22(27)25(21)35-15-18-3-6-23(31(32)33)24(13-18)37-20-4-1-17(14-28)2-5-20/h1-6,11-13H,7-10,15-16H2. The largest absolute Gasteiger partial charge is 0.483 e. The maximum Gasteiger partial charge on any atom is 0.346 e. The van der Waals surface area contributed by atoms with Gasteiger partial charge < -0.3 is 14.0 Å². The Morgan fingerprint density at radius 1 is 0.947 bits per heavy atom. The van der Waals surface area contributed by atoms with Crippen molar-refractivity contribution in [3.63, 3.8) is 0 Å². The number of rotatable bonds is 11. The van der Waals surface area contributed by atoms with Crippen LogP contribution in [0.25, 0.3) is 0 Å². The second-order valence-corrected chi connectivity index (χ2v) is 11.0. The molecule has 0 aromatic heterocycles. The van der Waals surface area contributed by atoms with Gasteiger partial charge in [0.2, 0.25) is 5.75 Å². The van der Waals surface area contributed by atoms with Crippen LogP contribution < -0.4 is 9.47 Å². The van der Waals surface area contributed by atoms with Crippen molar-refractivity contribution in [2.24, 2.45) is 0 Å². The van der Waals surface area contributed by atoms with Crippen molar-refractivity contribution >= 4 is 13.4 Å². The van der Waals surface area contributed by atoms with Crippen molar-refractivity contribution in [2.75, 3.05) is 26.2 Å². The van der Waals surface area contributed by atoms with Crippen LogP contribution in [0.3, 0.4) is 0 Å². The number of benzene rings is 3.